The standard InChI is InChI=1S/C12H14N2O3S/c1-8-3-4-10(18-8)9(15)5-14-7-11(16)13(2)6-12(14)17/h3-4H,5-7H2,1-2H3. The fourth-order valence-electron chi connectivity index (χ4n) is 1.74. The molecule has 6 heteroatoms. The first kappa shape index (κ1) is 12.8. The van der Waals surface area contributed by atoms with Gasteiger partial charge in [-0.05, 0) is 19.1 Å². The molecule has 0 unspecified atom stereocenters. The lowest BCUT2D eigenvalue weighted by molar-refractivity contribution is -0.148. The maximum Gasteiger partial charge on any atom is 0.243 e. The highest BCUT2D eigenvalue weighted by Crippen LogP contribution is 2.16. The van der Waals surface area contributed by atoms with Crippen LogP contribution in [0, 0.1) is 6.92 Å². The van der Waals surface area contributed by atoms with Gasteiger partial charge in [-0.25, -0.2) is 0 Å². The number of likely N-dealkylation sites (N-methyl/N-ethyl adjacent to an activating group) is 1. The first-order valence-corrected chi connectivity index (χ1v) is 6.40. The van der Waals surface area contributed by atoms with E-state index in [1.165, 1.54) is 21.1 Å². The van der Waals surface area contributed by atoms with E-state index < -0.39 is 0 Å². The van der Waals surface area contributed by atoms with Crippen molar-refractivity contribution in [1.29, 1.82) is 0 Å². The van der Waals surface area contributed by atoms with Crippen LogP contribution < -0.4 is 0 Å². The molecule has 0 spiro atoms. The van der Waals surface area contributed by atoms with Crippen LogP contribution in [0.4, 0.5) is 0 Å². The Morgan fingerprint density at radius 3 is 2.61 bits per heavy atom. The number of piperazine rings is 1. The van der Waals surface area contributed by atoms with Gasteiger partial charge < -0.3 is 9.80 Å². The van der Waals surface area contributed by atoms with E-state index in [0.29, 0.717) is 4.88 Å². The number of thiophene rings is 1. The Bertz CT molecular complexity index is 509. The summed E-state index contributed by atoms with van der Waals surface area (Å²) in [4.78, 5) is 39.5. The minimum atomic E-state index is -0.182. The number of nitrogens with zero attached hydrogens (tertiary/aromatic N) is 2. The summed E-state index contributed by atoms with van der Waals surface area (Å²) in [5, 5.41) is 0. The first-order chi connectivity index (χ1) is 8.47. The molecule has 0 bridgehead atoms. The predicted octanol–water partition coefficient (Wildman–Crippen LogP) is 0.540. The number of hydrogen-bond acceptors (Lipinski definition) is 4. The monoisotopic (exact) mass is 266 g/mol. The van der Waals surface area contributed by atoms with Gasteiger partial charge in [-0.15, -0.1) is 11.3 Å². The highest BCUT2D eigenvalue weighted by Gasteiger charge is 2.29. The number of hydrogen-bond donors (Lipinski definition) is 0. The van der Waals surface area contributed by atoms with E-state index in [1.54, 1.807) is 13.1 Å². The van der Waals surface area contributed by atoms with Gasteiger partial charge in [-0.1, -0.05) is 0 Å². The minimum absolute atomic E-state index is 0.00850. The molecule has 96 valence electrons. The van der Waals surface area contributed by atoms with Crippen LogP contribution in [-0.4, -0.2) is 54.1 Å². The second-order valence-electron chi connectivity index (χ2n) is 4.33. The fourth-order valence-corrected chi connectivity index (χ4v) is 2.54. The number of carbonyl (C=O) groups excluding carboxylic acids is 3. The molecule has 1 fully saturated rings. The number of aryl methyl sites for hydroxylation is 1. The van der Waals surface area contributed by atoms with Crippen molar-refractivity contribution in [3.63, 3.8) is 0 Å². The third-order valence-corrected chi connectivity index (χ3v) is 3.87. The van der Waals surface area contributed by atoms with Gasteiger partial charge in [0.05, 0.1) is 18.0 Å². The lowest BCUT2D eigenvalue weighted by Crippen LogP contribution is -2.53. The molecule has 1 aliphatic rings. The molecule has 0 N–H and O–H groups in total. The lowest BCUT2D eigenvalue weighted by Gasteiger charge is -2.30. The Kier molecular flexibility index (Phi) is 3.47. The molecule has 1 aliphatic heterocycles. The summed E-state index contributed by atoms with van der Waals surface area (Å²) in [7, 11) is 1.59. The van der Waals surface area contributed by atoms with Crippen LogP contribution in [0.3, 0.4) is 0 Å². The van der Waals surface area contributed by atoms with Crippen LogP contribution >= 0.6 is 11.3 Å². The summed E-state index contributed by atoms with van der Waals surface area (Å²) in [6, 6.07) is 3.62. The van der Waals surface area contributed by atoms with Gasteiger partial charge in [-0.3, -0.25) is 14.4 Å². The van der Waals surface area contributed by atoms with E-state index in [1.807, 2.05) is 13.0 Å². The summed E-state index contributed by atoms with van der Waals surface area (Å²) in [5.41, 5.74) is 0. The summed E-state index contributed by atoms with van der Waals surface area (Å²) in [5.74, 6) is -0.428. The van der Waals surface area contributed by atoms with Crippen molar-refractivity contribution in [1.82, 2.24) is 9.80 Å². The normalized spacial score (nSPS) is 16.3. The zero-order valence-corrected chi connectivity index (χ0v) is 11.1. The molecular weight excluding hydrogens is 252 g/mol. The summed E-state index contributed by atoms with van der Waals surface area (Å²) >= 11 is 1.40. The molecule has 5 nitrogen and oxygen atoms in total. The van der Waals surface area contributed by atoms with Gasteiger partial charge in [0, 0.05) is 11.9 Å². The highest BCUT2D eigenvalue weighted by atomic mass is 32.1. The largest absolute Gasteiger partial charge is 0.335 e. The molecule has 1 aromatic rings. The smallest absolute Gasteiger partial charge is 0.243 e. The molecule has 1 aromatic heterocycles. The number of carbonyl (C=O) groups is 3. The Balaban J connectivity index is 2.03. The van der Waals surface area contributed by atoms with Gasteiger partial charge in [0.2, 0.25) is 11.8 Å². The molecule has 0 atom stereocenters. The topological polar surface area (TPSA) is 57.7 Å². The molecule has 0 radical (unpaired) electrons. The van der Waals surface area contributed by atoms with Crippen LogP contribution in [0.5, 0.6) is 0 Å². The number of amides is 2. The summed E-state index contributed by atoms with van der Waals surface area (Å²) in [6.07, 6.45) is 0. The van der Waals surface area contributed by atoms with Crippen molar-refractivity contribution in [3.05, 3.63) is 21.9 Å². The maximum atomic E-state index is 12.0. The van der Waals surface area contributed by atoms with Crippen molar-refractivity contribution >= 4 is 28.9 Å². The second-order valence-corrected chi connectivity index (χ2v) is 5.62. The quantitative estimate of drug-likeness (QED) is 0.750. The minimum Gasteiger partial charge on any atom is -0.335 e. The molecule has 0 aromatic carbocycles. The highest BCUT2D eigenvalue weighted by molar-refractivity contribution is 7.14. The molecule has 0 saturated carbocycles. The van der Waals surface area contributed by atoms with Crippen molar-refractivity contribution in [2.75, 3.05) is 26.7 Å². The number of rotatable bonds is 3. The molecule has 1 saturated heterocycles. The van der Waals surface area contributed by atoms with Crippen LogP contribution in [0.15, 0.2) is 12.1 Å². The van der Waals surface area contributed by atoms with Crippen LogP contribution in [0.25, 0.3) is 0 Å². The van der Waals surface area contributed by atoms with E-state index in [2.05, 4.69) is 0 Å². The van der Waals surface area contributed by atoms with Crippen molar-refractivity contribution in [2.24, 2.45) is 0 Å². The Morgan fingerprint density at radius 1 is 1.28 bits per heavy atom. The van der Waals surface area contributed by atoms with E-state index in [-0.39, 0.29) is 37.2 Å². The van der Waals surface area contributed by atoms with Gasteiger partial charge in [0.25, 0.3) is 0 Å². The summed E-state index contributed by atoms with van der Waals surface area (Å²) in [6.45, 7) is 1.95. The van der Waals surface area contributed by atoms with Crippen LogP contribution in [0.2, 0.25) is 0 Å². The average Bonchev–Trinajstić information content (AvgIpc) is 2.73. The van der Waals surface area contributed by atoms with Crippen LogP contribution in [-0.2, 0) is 9.59 Å². The van der Waals surface area contributed by atoms with E-state index in [4.69, 9.17) is 0 Å². The average molecular weight is 266 g/mol. The number of Topliss-reactive ketones (excluding diaryl/α,β-unsaturated/α-hetero) is 1. The summed E-state index contributed by atoms with van der Waals surface area (Å²) < 4.78 is 0. The lowest BCUT2D eigenvalue weighted by atomic mass is 10.2. The van der Waals surface area contributed by atoms with E-state index in [9.17, 15) is 14.4 Å². The SMILES string of the molecule is Cc1ccc(C(=O)CN2CC(=O)N(C)CC2=O)s1. The Labute approximate surface area is 109 Å². The van der Waals surface area contributed by atoms with Gasteiger partial charge in [0.1, 0.15) is 6.54 Å². The molecule has 2 rings (SSSR count). The zero-order valence-electron chi connectivity index (χ0n) is 10.3. The van der Waals surface area contributed by atoms with Crippen molar-refractivity contribution in [3.8, 4) is 0 Å². The molecule has 0 aliphatic carbocycles. The maximum absolute atomic E-state index is 12.0. The number of ketones is 1. The van der Waals surface area contributed by atoms with E-state index in [0.717, 1.165) is 4.88 Å². The third kappa shape index (κ3) is 2.59. The van der Waals surface area contributed by atoms with Crippen molar-refractivity contribution in [2.45, 2.75) is 6.92 Å². The molecule has 2 amide bonds. The zero-order chi connectivity index (χ0) is 13.3. The Morgan fingerprint density at radius 2 is 2.00 bits per heavy atom. The fraction of sp³-hybridized carbons (Fsp3) is 0.417. The van der Waals surface area contributed by atoms with E-state index >= 15 is 0 Å². The Hall–Kier alpha value is -1.69. The second kappa shape index (κ2) is 4.89. The first-order valence-electron chi connectivity index (χ1n) is 5.59. The third-order valence-electron chi connectivity index (χ3n) is 2.83. The van der Waals surface area contributed by atoms with Crippen LogP contribution in [0.1, 0.15) is 14.5 Å². The predicted molar refractivity (Wildman–Crippen MR) is 67.6 cm³/mol. The van der Waals surface area contributed by atoms with Gasteiger partial charge >= 0.3 is 0 Å². The molecular formula is C12H14N2O3S. The van der Waals surface area contributed by atoms with Crippen molar-refractivity contribution < 1.29 is 14.4 Å². The molecule has 18 heavy (non-hydrogen) atoms. The van der Waals surface area contributed by atoms with Gasteiger partial charge in [0.15, 0.2) is 5.78 Å². The molecule has 2 heterocycles. The van der Waals surface area contributed by atoms with Gasteiger partial charge in [-0.2, -0.15) is 0 Å².